The quantitative estimate of drug-likeness (QED) is 0.489. The molecule has 0 amide bonds. The Bertz CT molecular complexity index is 47.7. The summed E-state index contributed by atoms with van der Waals surface area (Å²) in [5.41, 5.74) is 5.30. The van der Waals surface area contributed by atoms with E-state index >= 15 is 0 Å². The Morgan fingerprint density at radius 1 is 1.62 bits per heavy atom. The van der Waals surface area contributed by atoms with E-state index in [0.717, 1.165) is 6.42 Å². The van der Waals surface area contributed by atoms with Crippen LogP contribution in [0, 0.1) is 0 Å². The molecule has 0 heterocycles. The van der Waals surface area contributed by atoms with Crippen molar-refractivity contribution in [3.05, 3.63) is 0 Å². The van der Waals surface area contributed by atoms with Crippen molar-refractivity contribution in [1.82, 2.24) is 6.15 Å². The van der Waals surface area contributed by atoms with Gasteiger partial charge in [-0.3, -0.25) is 0 Å². The minimum atomic E-state index is -0.319. The monoisotopic (exact) mass is 120 g/mol. The van der Waals surface area contributed by atoms with Crippen LogP contribution in [0.1, 0.15) is 20.3 Å². The highest BCUT2D eigenvalue weighted by atomic mass is 16.3. The molecule has 6 N–H and O–H groups in total. The summed E-state index contributed by atoms with van der Waals surface area (Å²) in [4.78, 5) is 0. The second-order valence-electron chi connectivity index (χ2n) is 1.83. The van der Waals surface area contributed by atoms with Crippen LogP contribution in [0.5, 0.6) is 0 Å². The molecule has 0 aromatic heterocycles. The zero-order valence-electron chi connectivity index (χ0n) is 5.59. The summed E-state index contributed by atoms with van der Waals surface area (Å²) in [6.45, 7) is 3.71. The van der Waals surface area contributed by atoms with E-state index in [1.54, 1.807) is 6.92 Å². The van der Waals surface area contributed by atoms with Gasteiger partial charge in [0, 0.05) is 6.04 Å². The molecular formula is C5H16N2O. The fraction of sp³-hybridized carbons (Fsp3) is 1.00. The topological polar surface area (TPSA) is 81.2 Å². The van der Waals surface area contributed by atoms with E-state index < -0.39 is 0 Å². The van der Waals surface area contributed by atoms with Gasteiger partial charge in [0.1, 0.15) is 0 Å². The number of rotatable bonds is 2. The van der Waals surface area contributed by atoms with Gasteiger partial charge in [-0.25, -0.2) is 0 Å². The van der Waals surface area contributed by atoms with Gasteiger partial charge >= 0.3 is 0 Å². The predicted molar refractivity (Wildman–Crippen MR) is 35.0 cm³/mol. The van der Waals surface area contributed by atoms with Crippen LogP contribution in [0.3, 0.4) is 0 Å². The lowest BCUT2D eigenvalue weighted by Gasteiger charge is -2.09. The molecule has 52 valence electrons. The van der Waals surface area contributed by atoms with Crippen molar-refractivity contribution in [3.63, 3.8) is 0 Å². The number of hydrogen-bond acceptors (Lipinski definition) is 3. The molecule has 3 nitrogen and oxygen atoms in total. The molecule has 2 unspecified atom stereocenters. The predicted octanol–water partition coefficient (Wildman–Crippen LogP) is 0.266. The molecule has 3 heteroatoms. The van der Waals surface area contributed by atoms with Crippen LogP contribution < -0.4 is 11.9 Å². The van der Waals surface area contributed by atoms with Gasteiger partial charge in [0.2, 0.25) is 0 Å². The molecule has 2 atom stereocenters. The second-order valence-corrected chi connectivity index (χ2v) is 1.83. The third kappa shape index (κ3) is 4.05. The van der Waals surface area contributed by atoms with E-state index in [4.69, 9.17) is 10.8 Å². The van der Waals surface area contributed by atoms with Crippen LogP contribution in [-0.4, -0.2) is 17.3 Å². The van der Waals surface area contributed by atoms with Crippen molar-refractivity contribution in [2.45, 2.75) is 32.4 Å². The number of nitrogens with two attached hydrogens (primary N) is 1. The normalized spacial score (nSPS) is 16.5. The van der Waals surface area contributed by atoms with Crippen LogP contribution in [0.2, 0.25) is 0 Å². The standard InChI is InChI=1S/C5H13NO.H3N/c1-3-5(7)4(2)6;/h4-5,7H,3,6H2,1-2H3;1H3. The van der Waals surface area contributed by atoms with Gasteiger partial charge in [-0.2, -0.15) is 0 Å². The summed E-state index contributed by atoms with van der Waals surface area (Å²) in [5.74, 6) is 0. The maximum atomic E-state index is 8.81. The summed E-state index contributed by atoms with van der Waals surface area (Å²) < 4.78 is 0. The molecule has 0 bridgehead atoms. The molecule has 0 aliphatic rings. The summed E-state index contributed by atoms with van der Waals surface area (Å²) >= 11 is 0. The average Bonchev–Trinajstić information content (AvgIpc) is 1.65. The largest absolute Gasteiger partial charge is 0.392 e. The molecular weight excluding hydrogens is 104 g/mol. The summed E-state index contributed by atoms with van der Waals surface area (Å²) in [7, 11) is 0. The van der Waals surface area contributed by atoms with Gasteiger partial charge in [-0.15, -0.1) is 0 Å². The van der Waals surface area contributed by atoms with Crippen LogP contribution in [0.4, 0.5) is 0 Å². The van der Waals surface area contributed by atoms with Crippen LogP contribution in [0.15, 0.2) is 0 Å². The van der Waals surface area contributed by atoms with Crippen molar-refractivity contribution in [1.29, 1.82) is 0 Å². The first-order valence-electron chi connectivity index (χ1n) is 2.62. The van der Waals surface area contributed by atoms with E-state index in [-0.39, 0.29) is 18.3 Å². The second kappa shape index (κ2) is 5.03. The fourth-order valence-electron chi connectivity index (χ4n) is 0.372. The minimum Gasteiger partial charge on any atom is -0.392 e. The molecule has 0 spiro atoms. The molecule has 0 aromatic rings. The maximum absolute atomic E-state index is 8.81. The fourth-order valence-corrected chi connectivity index (χ4v) is 0.372. The third-order valence-electron chi connectivity index (χ3n) is 1.03. The molecule has 0 rings (SSSR count). The number of hydrogen-bond donors (Lipinski definition) is 3. The number of aliphatic hydroxyl groups excluding tert-OH is 1. The smallest absolute Gasteiger partial charge is 0.0685 e. The Hall–Kier alpha value is -0.120. The van der Waals surface area contributed by atoms with Crippen LogP contribution in [0.25, 0.3) is 0 Å². The molecule has 0 aromatic carbocycles. The van der Waals surface area contributed by atoms with Crippen LogP contribution in [-0.2, 0) is 0 Å². The third-order valence-corrected chi connectivity index (χ3v) is 1.03. The Kier molecular flexibility index (Phi) is 6.78. The van der Waals surface area contributed by atoms with Gasteiger partial charge in [-0.05, 0) is 13.3 Å². The Morgan fingerprint density at radius 3 is 2.00 bits per heavy atom. The van der Waals surface area contributed by atoms with Crippen molar-refractivity contribution in [2.24, 2.45) is 5.73 Å². The van der Waals surface area contributed by atoms with E-state index in [2.05, 4.69) is 0 Å². The Morgan fingerprint density at radius 2 is 2.00 bits per heavy atom. The first-order valence-corrected chi connectivity index (χ1v) is 2.62. The van der Waals surface area contributed by atoms with E-state index in [0.29, 0.717) is 0 Å². The van der Waals surface area contributed by atoms with Gasteiger partial charge < -0.3 is 17.0 Å². The van der Waals surface area contributed by atoms with E-state index in [1.807, 2.05) is 6.92 Å². The molecule has 0 saturated heterocycles. The summed E-state index contributed by atoms with van der Waals surface area (Å²) in [6.07, 6.45) is 0.428. The Labute approximate surface area is 50.5 Å². The zero-order valence-corrected chi connectivity index (χ0v) is 5.59. The van der Waals surface area contributed by atoms with E-state index in [9.17, 15) is 0 Å². The lowest BCUT2D eigenvalue weighted by atomic mass is 10.1. The molecule has 0 aliphatic carbocycles. The van der Waals surface area contributed by atoms with Gasteiger partial charge in [0.05, 0.1) is 6.10 Å². The molecule has 0 fully saturated rings. The van der Waals surface area contributed by atoms with Crippen molar-refractivity contribution < 1.29 is 5.11 Å². The molecule has 0 aliphatic heterocycles. The highest BCUT2D eigenvalue weighted by Crippen LogP contribution is 1.91. The van der Waals surface area contributed by atoms with Crippen LogP contribution >= 0.6 is 0 Å². The van der Waals surface area contributed by atoms with Crippen molar-refractivity contribution in [3.8, 4) is 0 Å². The average molecular weight is 120 g/mol. The van der Waals surface area contributed by atoms with Crippen molar-refractivity contribution in [2.75, 3.05) is 0 Å². The molecule has 0 saturated carbocycles. The van der Waals surface area contributed by atoms with Gasteiger partial charge in [0.15, 0.2) is 0 Å². The lowest BCUT2D eigenvalue weighted by molar-refractivity contribution is 0.147. The minimum absolute atomic E-state index is 0. The summed E-state index contributed by atoms with van der Waals surface area (Å²) in [5, 5.41) is 8.81. The lowest BCUT2D eigenvalue weighted by Crippen LogP contribution is -2.30. The molecule has 0 radical (unpaired) electrons. The number of aliphatic hydroxyl groups is 1. The first kappa shape index (κ1) is 10.8. The molecule has 8 heavy (non-hydrogen) atoms. The van der Waals surface area contributed by atoms with Crippen molar-refractivity contribution >= 4 is 0 Å². The Balaban J connectivity index is 0. The van der Waals surface area contributed by atoms with Gasteiger partial charge in [0.25, 0.3) is 0 Å². The highest BCUT2D eigenvalue weighted by molar-refractivity contribution is 4.62. The highest BCUT2D eigenvalue weighted by Gasteiger charge is 2.03. The SMILES string of the molecule is CCC(O)C(C)N.N. The maximum Gasteiger partial charge on any atom is 0.0685 e. The zero-order chi connectivity index (χ0) is 5.86. The van der Waals surface area contributed by atoms with E-state index in [1.165, 1.54) is 0 Å². The first-order chi connectivity index (χ1) is 3.18. The van der Waals surface area contributed by atoms with Gasteiger partial charge in [-0.1, -0.05) is 6.92 Å². The summed E-state index contributed by atoms with van der Waals surface area (Å²) in [6, 6.07) is -0.0787.